The molecule has 21 heavy (non-hydrogen) atoms. The fraction of sp³-hybridized carbons (Fsp3) is 0.750. The van der Waals surface area contributed by atoms with Gasteiger partial charge in [-0.1, -0.05) is 57.8 Å². The summed E-state index contributed by atoms with van der Waals surface area (Å²) in [6.07, 6.45) is 6.26. The van der Waals surface area contributed by atoms with E-state index in [1.165, 1.54) is 37.0 Å². The molecule has 0 spiro atoms. The van der Waals surface area contributed by atoms with Gasteiger partial charge in [0.1, 0.15) is 4.88 Å². The van der Waals surface area contributed by atoms with Crippen LogP contribution in [0.1, 0.15) is 68.2 Å². The number of unbranched alkanes of at least 4 members (excludes halogenated alkanes) is 4. The molecule has 0 atom stereocenters. The first-order valence-corrected chi connectivity index (χ1v) is 8.74. The Morgan fingerprint density at radius 2 is 2.00 bits per heavy atom. The number of rotatable bonds is 10. The zero-order valence-electron chi connectivity index (χ0n) is 13.7. The summed E-state index contributed by atoms with van der Waals surface area (Å²) < 4.78 is 5.26. The summed E-state index contributed by atoms with van der Waals surface area (Å²) in [6, 6.07) is 0. The standard InChI is InChI=1S/C16H28N2O2S/c1-5-6-7-8-9-10-17-16-18-13(4)14(21-16)15(19)20-11-12(2)3/h12H,5-11H2,1-4H3,(H,17,18). The van der Waals surface area contributed by atoms with E-state index in [9.17, 15) is 4.79 Å². The van der Waals surface area contributed by atoms with E-state index < -0.39 is 0 Å². The maximum atomic E-state index is 12.0. The highest BCUT2D eigenvalue weighted by Crippen LogP contribution is 2.23. The molecule has 1 rings (SSSR count). The summed E-state index contributed by atoms with van der Waals surface area (Å²) in [5.74, 6) is 0.0950. The number of carbonyl (C=O) groups excluding carboxylic acids is 1. The van der Waals surface area contributed by atoms with Crippen LogP contribution in [0.15, 0.2) is 0 Å². The number of carbonyl (C=O) groups is 1. The normalized spacial score (nSPS) is 10.9. The molecule has 0 saturated carbocycles. The fourth-order valence-corrected chi connectivity index (χ4v) is 2.78. The Balaban J connectivity index is 2.37. The first-order valence-electron chi connectivity index (χ1n) is 7.93. The van der Waals surface area contributed by atoms with Gasteiger partial charge in [0.15, 0.2) is 5.13 Å². The van der Waals surface area contributed by atoms with E-state index in [-0.39, 0.29) is 5.97 Å². The first-order chi connectivity index (χ1) is 10.0. The molecule has 120 valence electrons. The Morgan fingerprint density at radius 3 is 2.67 bits per heavy atom. The van der Waals surface area contributed by atoms with Crippen molar-refractivity contribution < 1.29 is 9.53 Å². The second kappa shape index (κ2) is 9.77. The zero-order valence-corrected chi connectivity index (χ0v) is 14.5. The molecule has 4 nitrogen and oxygen atoms in total. The molecule has 1 N–H and O–H groups in total. The number of hydrogen-bond acceptors (Lipinski definition) is 5. The van der Waals surface area contributed by atoms with E-state index in [1.54, 1.807) is 0 Å². The predicted molar refractivity (Wildman–Crippen MR) is 89.2 cm³/mol. The van der Waals surface area contributed by atoms with Gasteiger partial charge in [0.2, 0.25) is 0 Å². The SMILES string of the molecule is CCCCCCCNc1nc(C)c(C(=O)OCC(C)C)s1. The molecule has 0 aliphatic carbocycles. The molecule has 0 aromatic carbocycles. The molecule has 0 saturated heterocycles. The summed E-state index contributed by atoms with van der Waals surface area (Å²) in [5.41, 5.74) is 0.752. The lowest BCUT2D eigenvalue weighted by Gasteiger charge is -2.05. The third kappa shape index (κ3) is 6.93. The van der Waals surface area contributed by atoms with Gasteiger partial charge >= 0.3 is 5.97 Å². The van der Waals surface area contributed by atoms with Crippen LogP contribution in [0.4, 0.5) is 5.13 Å². The lowest BCUT2D eigenvalue weighted by molar-refractivity contribution is 0.0463. The Morgan fingerprint density at radius 1 is 1.29 bits per heavy atom. The maximum absolute atomic E-state index is 12.0. The summed E-state index contributed by atoms with van der Waals surface area (Å²) in [5, 5.41) is 4.12. The molecule has 1 heterocycles. The average Bonchev–Trinajstić information content (AvgIpc) is 2.81. The number of nitrogens with one attached hydrogen (secondary N) is 1. The van der Waals surface area contributed by atoms with Gasteiger partial charge < -0.3 is 10.1 Å². The molecule has 1 aromatic rings. The minimum atomic E-state index is -0.255. The number of ether oxygens (including phenoxy) is 1. The van der Waals surface area contributed by atoms with Gasteiger partial charge in [-0.05, 0) is 19.3 Å². The van der Waals surface area contributed by atoms with Gasteiger partial charge in [0.25, 0.3) is 0 Å². The van der Waals surface area contributed by atoms with Gasteiger partial charge in [-0.2, -0.15) is 0 Å². The highest BCUT2D eigenvalue weighted by atomic mass is 32.1. The van der Waals surface area contributed by atoms with Crippen molar-refractivity contribution in [2.75, 3.05) is 18.5 Å². The van der Waals surface area contributed by atoms with Crippen molar-refractivity contribution in [2.45, 2.75) is 59.8 Å². The second-order valence-corrected chi connectivity index (χ2v) is 6.77. The minimum absolute atomic E-state index is 0.255. The molecule has 0 aliphatic heterocycles. The molecule has 1 aromatic heterocycles. The monoisotopic (exact) mass is 312 g/mol. The molecule has 0 fully saturated rings. The molecule has 0 amide bonds. The van der Waals surface area contributed by atoms with Crippen LogP contribution in [0.5, 0.6) is 0 Å². The lowest BCUT2D eigenvalue weighted by Crippen LogP contribution is -2.09. The molecule has 0 radical (unpaired) electrons. The van der Waals surface area contributed by atoms with Crippen LogP contribution in [0, 0.1) is 12.8 Å². The van der Waals surface area contributed by atoms with Crippen LogP contribution in [-0.4, -0.2) is 24.1 Å². The highest BCUT2D eigenvalue weighted by molar-refractivity contribution is 7.17. The lowest BCUT2D eigenvalue weighted by atomic mass is 10.1. The van der Waals surface area contributed by atoms with Gasteiger partial charge in [-0.25, -0.2) is 9.78 Å². The quantitative estimate of drug-likeness (QED) is 0.505. The van der Waals surface area contributed by atoms with Gasteiger partial charge in [-0.15, -0.1) is 0 Å². The van der Waals surface area contributed by atoms with Crippen LogP contribution in [0.25, 0.3) is 0 Å². The van der Waals surface area contributed by atoms with Crippen molar-refractivity contribution in [1.29, 1.82) is 0 Å². The van der Waals surface area contributed by atoms with Gasteiger partial charge in [0, 0.05) is 6.54 Å². The topological polar surface area (TPSA) is 51.2 Å². The first kappa shape index (κ1) is 18.0. The zero-order chi connectivity index (χ0) is 15.7. The van der Waals surface area contributed by atoms with Crippen molar-refractivity contribution in [3.63, 3.8) is 0 Å². The Hall–Kier alpha value is -1.10. The van der Waals surface area contributed by atoms with E-state index in [2.05, 4.69) is 17.2 Å². The van der Waals surface area contributed by atoms with E-state index in [4.69, 9.17) is 4.74 Å². The van der Waals surface area contributed by atoms with E-state index in [1.807, 2.05) is 20.8 Å². The van der Waals surface area contributed by atoms with E-state index >= 15 is 0 Å². The Bertz CT molecular complexity index is 430. The third-order valence-corrected chi connectivity index (χ3v) is 4.18. The summed E-state index contributed by atoms with van der Waals surface area (Å²) >= 11 is 1.39. The summed E-state index contributed by atoms with van der Waals surface area (Å²) in [6.45, 7) is 9.50. The van der Waals surface area contributed by atoms with Crippen molar-refractivity contribution in [1.82, 2.24) is 4.98 Å². The van der Waals surface area contributed by atoms with Gasteiger partial charge in [0.05, 0.1) is 12.3 Å². The van der Waals surface area contributed by atoms with Crippen molar-refractivity contribution in [3.8, 4) is 0 Å². The fourth-order valence-electron chi connectivity index (χ4n) is 1.89. The smallest absolute Gasteiger partial charge is 0.350 e. The number of aryl methyl sites for hydroxylation is 1. The van der Waals surface area contributed by atoms with Crippen LogP contribution >= 0.6 is 11.3 Å². The molecule has 5 heteroatoms. The maximum Gasteiger partial charge on any atom is 0.350 e. The number of hydrogen-bond donors (Lipinski definition) is 1. The predicted octanol–water partition coefficient (Wildman–Crippen LogP) is 4.65. The highest BCUT2D eigenvalue weighted by Gasteiger charge is 2.16. The summed E-state index contributed by atoms with van der Waals surface area (Å²) in [4.78, 5) is 17.0. The largest absolute Gasteiger partial charge is 0.461 e. The van der Waals surface area contributed by atoms with Crippen molar-refractivity contribution >= 4 is 22.4 Å². The average molecular weight is 312 g/mol. The van der Waals surface area contributed by atoms with Crippen LogP contribution in [-0.2, 0) is 4.74 Å². The minimum Gasteiger partial charge on any atom is -0.461 e. The molecule has 0 bridgehead atoms. The van der Waals surface area contributed by atoms with Crippen LogP contribution in [0.3, 0.4) is 0 Å². The Labute approximate surface area is 132 Å². The number of nitrogens with zero attached hydrogens (tertiary/aromatic N) is 1. The van der Waals surface area contributed by atoms with E-state index in [0.29, 0.717) is 17.4 Å². The van der Waals surface area contributed by atoms with Crippen molar-refractivity contribution in [3.05, 3.63) is 10.6 Å². The molecular weight excluding hydrogens is 284 g/mol. The number of aromatic nitrogens is 1. The van der Waals surface area contributed by atoms with Crippen molar-refractivity contribution in [2.24, 2.45) is 5.92 Å². The molecule has 0 aliphatic rings. The number of anilines is 1. The summed E-state index contributed by atoms with van der Waals surface area (Å²) in [7, 11) is 0. The van der Waals surface area contributed by atoms with Crippen LogP contribution in [0.2, 0.25) is 0 Å². The number of thiazole rings is 1. The van der Waals surface area contributed by atoms with E-state index in [0.717, 1.165) is 23.8 Å². The third-order valence-electron chi connectivity index (χ3n) is 3.09. The van der Waals surface area contributed by atoms with Crippen LogP contribution < -0.4 is 5.32 Å². The molecule has 0 unspecified atom stereocenters. The molecular formula is C16H28N2O2S. The number of esters is 1. The Kier molecular flexibility index (Phi) is 8.35. The second-order valence-electron chi connectivity index (χ2n) is 5.77. The van der Waals surface area contributed by atoms with Gasteiger partial charge in [-0.3, -0.25) is 0 Å².